The maximum atomic E-state index is 12.1. The van der Waals surface area contributed by atoms with Gasteiger partial charge in [-0.2, -0.15) is 5.10 Å². The van der Waals surface area contributed by atoms with Gasteiger partial charge in [0.25, 0.3) is 5.91 Å². The molecule has 0 bridgehead atoms. The fraction of sp³-hybridized carbons (Fsp3) is 0.750. The van der Waals surface area contributed by atoms with Crippen LogP contribution in [0.2, 0.25) is 0 Å². The topological polar surface area (TPSA) is 59.0 Å². The largest absolute Gasteiger partial charge is 0.354 e. The molecular weight excluding hydrogens is 264 g/mol. The average Bonchev–Trinajstić information content (AvgIpc) is 3.13. The van der Waals surface area contributed by atoms with Crippen molar-refractivity contribution in [3.05, 3.63) is 17.0 Å². The molecule has 2 aliphatic carbocycles. The SMILES string of the molecule is CCn1nc(C(=O)NC)c2c1CC[C@@H](NC1CCCC1)C2. The summed E-state index contributed by atoms with van der Waals surface area (Å²) in [4.78, 5) is 12.1. The monoisotopic (exact) mass is 290 g/mol. The molecule has 5 nitrogen and oxygen atoms in total. The first-order chi connectivity index (χ1) is 10.2. The van der Waals surface area contributed by atoms with E-state index in [4.69, 9.17) is 0 Å². The molecule has 21 heavy (non-hydrogen) atoms. The highest BCUT2D eigenvalue weighted by molar-refractivity contribution is 5.93. The quantitative estimate of drug-likeness (QED) is 0.886. The molecule has 0 unspecified atom stereocenters. The molecule has 1 aromatic heterocycles. The summed E-state index contributed by atoms with van der Waals surface area (Å²) in [6.07, 6.45) is 8.44. The van der Waals surface area contributed by atoms with Crippen LogP contribution in [0.15, 0.2) is 0 Å². The molecule has 116 valence electrons. The second-order valence-corrected chi connectivity index (χ2v) is 6.26. The van der Waals surface area contributed by atoms with E-state index >= 15 is 0 Å². The third-order valence-electron chi connectivity index (χ3n) is 4.91. The minimum Gasteiger partial charge on any atom is -0.354 e. The highest BCUT2D eigenvalue weighted by atomic mass is 16.1. The number of hydrogen-bond donors (Lipinski definition) is 2. The Balaban J connectivity index is 1.79. The molecule has 0 aliphatic heterocycles. The number of nitrogens with zero attached hydrogens (tertiary/aromatic N) is 2. The zero-order valence-electron chi connectivity index (χ0n) is 13.1. The van der Waals surface area contributed by atoms with Gasteiger partial charge in [-0.05, 0) is 39.0 Å². The zero-order valence-corrected chi connectivity index (χ0v) is 13.1. The van der Waals surface area contributed by atoms with E-state index in [0.717, 1.165) is 31.4 Å². The Morgan fingerprint density at radius 1 is 1.29 bits per heavy atom. The van der Waals surface area contributed by atoms with Crippen LogP contribution in [0.25, 0.3) is 0 Å². The fourth-order valence-corrected chi connectivity index (χ4v) is 3.82. The van der Waals surface area contributed by atoms with Crippen LogP contribution >= 0.6 is 0 Å². The Bertz CT molecular complexity index is 517. The van der Waals surface area contributed by atoms with Crippen molar-refractivity contribution in [2.75, 3.05) is 7.05 Å². The lowest BCUT2D eigenvalue weighted by molar-refractivity contribution is 0.0956. The average molecular weight is 290 g/mol. The lowest BCUT2D eigenvalue weighted by Gasteiger charge is -2.27. The van der Waals surface area contributed by atoms with Crippen LogP contribution < -0.4 is 10.6 Å². The highest BCUT2D eigenvalue weighted by Gasteiger charge is 2.29. The normalized spacial score (nSPS) is 22.3. The lowest BCUT2D eigenvalue weighted by Crippen LogP contribution is -2.40. The predicted molar refractivity (Wildman–Crippen MR) is 82.5 cm³/mol. The van der Waals surface area contributed by atoms with E-state index in [0.29, 0.717) is 17.8 Å². The molecule has 0 radical (unpaired) electrons. The van der Waals surface area contributed by atoms with Gasteiger partial charge in [-0.15, -0.1) is 0 Å². The standard InChI is InChI=1S/C16H26N4O/c1-3-20-14-9-8-12(18-11-6-4-5-7-11)10-13(14)15(19-20)16(21)17-2/h11-12,18H,3-10H2,1-2H3,(H,17,21)/t12-/m1/s1. The van der Waals surface area contributed by atoms with Crippen molar-refractivity contribution in [3.8, 4) is 0 Å². The smallest absolute Gasteiger partial charge is 0.271 e. The number of aromatic nitrogens is 2. The van der Waals surface area contributed by atoms with Gasteiger partial charge in [-0.1, -0.05) is 12.8 Å². The van der Waals surface area contributed by atoms with Crippen LogP contribution in [0.1, 0.15) is 60.8 Å². The van der Waals surface area contributed by atoms with Crippen molar-refractivity contribution < 1.29 is 4.79 Å². The van der Waals surface area contributed by atoms with Crippen LogP contribution in [-0.2, 0) is 19.4 Å². The molecule has 2 aliphatic rings. The maximum Gasteiger partial charge on any atom is 0.271 e. The summed E-state index contributed by atoms with van der Waals surface area (Å²) in [6.45, 7) is 2.92. The Hall–Kier alpha value is -1.36. The third kappa shape index (κ3) is 2.84. The van der Waals surface area contributed by atoms with Gasteiger partial charge < -0.3 is 10.6 Å². The predicted octanol–water partition coefficient (Wildman–Crippen LogP) is 1.65. The number of hydrogen-bond acceptors (Lipinski definition) is 3. The Labute approximate surface area is 126 Å². The molecule has 0 aromatic carbocycles. The first kappa shape index (κ1) is 14.6. The van der Waals surface area contributed by atoms with Gasteiger partial charge in [0.05, 0.1) is 0 Å². The molecule has 5 heteroatoms. The summed E-state index contributed by atoms with van der Waals surface area (Å²) < 4.78 is 2.01. The Morgan fingerprint density at radius 2 is 2.05 bits per heavy atom. The van der Waals surface area contributed by atoms with Crippen molar-refractivity contribution in [3.63, 3.8) is 0 Å². The molecule has 1 fully saturated rings. The Morgan fingerprint density at radius 3 is 2.71 bits per heavy atom. The highest BCUT2D eigenvalue weighted by Crippen LogP contribution is 2.27. The second-order valence-electron chi connectivity index (χ2n) is 6.26. The molecule has 2 N–H and O–H groups in total. The van der Waals surface area contributed by atoms with E-state index in [-0.39, 0.29) is 5.91 Å². The van der Waals surface area contributed by atoms with E-state index in [1.54, 1.807) is 7.05 Å². The molecule has 0 spiro atoms. The maximum absolute atomic E-state index is 12.1. The fourth-order valence-electron chi connectivity index (χ4n) is 3.82. The van der Waals surface area contributed by atoms with Gasteiger partial charge in [0, 0.05) is 36.9 Å². The molecule has 1 aromatic rings. The van der Waals surface area contributed by atoms with E-state index in [1.807, 2.05) is 4.68 Å². The van der Waals surface area contributed by atoms with Crippen LogP contribution in [-0.4, -0.2) is 34.8 Å². The second kappa shape index (κ2) is 6.18. The molecule has 0 saturated heterocycles. The number of carbonyl (C=O) groups excluding carboxylic acids is 1. The first-order valence-corrected chi connectivity index (χ1v) is 8.29. The number of nitrogens with one attached hydrogen (secondary N) is 2. The molecule has 1 amide bonds. The summed E-state index contributed by atoms with van der Waals surface area (Å²) in [6, 6.07) is 1.18. The van der Waals surface area contributed by atoms with Gasteiger partial charge in [0.15, 0.2) is 5.69 Å². The van der Waals surface area contributed by atoms with Crippen LogP contribution in [0.3, 0.4) is 0 Å². The molecule has 1 atom stereocenters. The molecule has 1 saturated carbocycles. The Kier molecular flexibility index (Phi) is 4.29. The minimum atomic E-state index is -0.0556. The van der Waals surface area contributed by atoms with Crippen molar-refractivity contribution in [2.24, 2.45) is 0 Å². The van der Waals surface area contributed by atoms with Crippen molar-refractivity contribution in [1.82, 2.24) is 20.4 Å². The summed E-state index contributed by atoms with van der Waals surface area (Å²) in [5, 5.41) is 11.0. The lowest BCUT2D eigenvalue weighted by atomic mass is 9.90. The van der Waals surface area contributed by atoms with Crippen LogP contribution in [0.5, 0.6) is 0 Å². The summed E-state index contributed by atoms with van der Waals surface area (Å²) in [5.41, 5.74) is 3.06. The van der Waals surface area contributed by atoms with Gasteiger partial charge >= 0.3 is 0 Å². The summed E-state index contributed by atoms with van der Waals surface area (Å²) >= 11 is 0. The van der Waals surface area contributed by atoms with E-state index in [9.17, 15) is 4.79 Å². The van der Waals surface area contributed by atoms with Gasteiger partial charge in [-0.3, -0.25) is 9.48 Å². The third-order valence-corrected chi connectivity index (χ3v) is 4.91. The molecular formula is C16H26N4O. The van der Waals surface area contributed by atoms with Gasteiger partial charge in [0.1, 0.15) is 0 Å². The number of amides is 1. The minimum absolute atomic E-state index is 0.0556. The summed E-state index contributed by atoms with van der Waals surface area (Å²) in [5.74, 6) is -0.0556. The zero-order chi connectivity index (χ0) is 14.8. The van der Waals surface area contributed by atoms with Gasteiger partial charge in [-0.25, -0.2) is 0 Å². The number of rotatable bonds is 4. The van der Waals surface area contributed by atoms with Crippen molar-refractivity contribution in [2.45, 2.75) is 70.5 Å². The number of aryl methyl sites for hydroxylation is 1. The van der Waals surface area contributed by atoms with Crippen LogP contribution in [0.4, 0.5) is 0 Å². The molecule has 3 rings (SSSR count). The van der Waals surface area contributed by atoms with E-state index in [2.05, 4.69) is 22.7 Å². The number of carbonyl (C=O) groups is 1. The summed E-state index contributed by atoms with van der Waals surface area (Å²) in [7, 11) is 1.68. The van der Waals surface area contributed by atoms with Crippen molar-refractivity contribution in [1.29, 1.82) is 0 Å². The van der Waals surface area contributed by atoms with Crippen molar-refractivity contribution >= 4 is 5.91 Å². The van der Waals surface area contributed by atoms with Crippen LogP contribution in [0, 0.1) is 0 Å². The molecule has 1 heterocycles. The van der Waals surface area contributed by atoms with Gasteiger partial charge in [0.2, 0.25) is 0 Å². The first-order valence-electron chi connectivity index (χ1n) is 8.29. The number of fused-ring (bicyclic) bond motifs is 1. The van der Waals surface area contributed by atoms with E-state index in [1.165, 1.54) is 31.4 Å². The van der Waals surface area contributed by atoms with E-state index < -0.39 is 0 Å².